The summed E-state index contributed by atoms with van der Waals surface area (Å²) < 4.78 is 15.0. The minimum Gasteiger partial charge on any atom is -0.200 e. The first kappa shape index (κ1) is 6.37. The van der Waals surface area contributed by atoms with Crippen molar-refractivity contribution >= 4 is 14.4 Å². The van der Waals surface area contributed by atoms with Gasteiger partial charge in [-0.2, -0.15) is 8.94 Å². The van der Waals surface area contributed by atoms with Crippen molar-refractivity contribution in [2.45, 2.75) is 0 Å². The maximum absolute atomic E-state index is 11.5. The lowest BCUT2D eigenvalue weighted by Gasteiger charge is -1.84. The second-order valence-electron chi connectivity index (χ2n) is 1.51. The van der Waals surface area contributed by atoms with Crippen molar-refractivity contribution in [1.29, 1.82) is 0 Å². The molecule has 0 aliphatic rings. The summed E-state index contributed by atoms with van der Waals surface area (Å²) in [7, 11) is -0.430. The maximum atomic E-state index is 11.5. The molecule has 1 nitrogen and oxygen atoms in total. The van der Waals surface area contributed by atoms with Gasteiger partial charge >= 0.3 is 0 Å². The Hall–Kier alpha value is -0.750. The van der Waals surface area contributed by atoms with Crippen molar-refractivity contribution in [1.82, 2.24) is 0 Å². The van der Waals surface area contributed by atoms with Crippen molar-refractivity contribution in [2.24, 2.45) is 4.74 Å². The lowest BCUT2D eigenvalue weighted by Crippen LogP contribution is -1.55. The highest BCUT2D eigenvalue weighted by Gasteiger charge is 1.80. The van der Waals surface area contributed by atoms with Gasteiger partial charge in [0.25, 0.3) is 0 Å². The minimum atomic E-state index is -0.430. The summed E-state index contributed by atoms with van der Waals surface area (Å²) in [5, 5.41) is 0. The molecule has 0 N–H and O–H groups in total. The van der Waals surface area contributed by atoms with E-state index in [1.165, 1.54) is 0 Å². The molecular formula is C6H5FNP. The van der Waals surface area contributed by atoms with Crippen LogP contribution in [0.15, 0.2) is 35.1 Å². The fourth-order valence-electron chi connectivity index (χ4n) is 0.538. The molecule has 0 aliphatic heterocycles. The van der Waals surface area contributed by atoms with E-state index in [1.807, 2.05) is 18.2 Å². The van der Waals surface area contributed by atoms with E-state index in [9.17, 15) is 4.20 Å². The smallest absolute Gasteiger partial charge is 0.200 e. The number of halogens is 1. The summed E-state index contributed by atoms with van der Waals surface area (Å²) in [5.74, 6) is 0. The van der Waals surface area contributed by atoms with Gasteiger partial charge in [-0.25, -0.2) is 0 Å². The van der Waals surface area contributed by atoms with Crippen LogP contribution in [0, 0.1) is 0 Å². The van der Waals surface area contributed by atoms with Crippen LogP contribution in [0.4, 0.5) is 9.88 Å². The summed E-state index contributed by atoms with van der Waals surface area (Å²) in [5.41, 5.74) is 0.682. The zero-order chi connectivity index (χ0) is 6.53. The number of hydrogen-bond acceptors (Lipinski definition) is 1. The highest BCUT2D eigenvalue weighted by atomic mass is 31.1. The fourth-order valence-corrected chi connectivity index (χ4v) is 0.759. The van der Waals surface area contributed by atoms with Crippen LogP contribution in [0.1, 0.15) is 0 Å². The summed E-state index contributed by atoms with van der Waals surface area (Å²) in [6.07, 6.45) is 0. The third-order valence-electron chi connectivity index (χ3n) is 0.909. The van der Waals surface area contributed by atoms with Gasteiger partial charge < -0.3 is 0 Å². The van der Waals surface area contributed by atoms with Crippen molar-refractivity contribution in [3.8, 4) is 0 Å². The molecule has 0 aliphatic carbocycles. The van der Waals surface area contributed by atoms with Gasteiger partial charge in [0.15, 0.2) is 0 Å². The van der Waals surface area contributed by atoms with Gasteiger partial charge in [-0.05, 0) is 12.1 Å². The average molecular weight is 141 g/mol. The van der Waals surface area contributed by atoms with Crippen LogP contribution in [0.3, 0.4) is 0 Å². The molecule has 9 heavy (non-hydrogen) atoms. The topological polar surface area (TPSA) is 12.4 Å². The van der Waals surface area contributed by atoms with Crippen LogP contribution < -0.4 is 0 Å². The number of rotatable bonds is 1. The van der Waals surface area contributed by atoms with E-state index in [0.717, 1.165) is 0 Å². The zero-order valence-electron chi connectivity index (χ0n) is 4.66. The molecular weight excluding hydrogens is 136 g/mol. The van der Waals surface area contributed by atoms with Gasteiger partial charge in [0.2, 0.25) is 8.68 Å². The molecule has 1 aromatic rings. The maximum Gasteiger partial charge on any atom is 0.230 e. The highest BCUT2D eigenvalue weighted by Crippen LogP contribution is 2.15. The van der Waals surface area contributed by atoms with E-state index in [0.29, 0.717) is 5.69 Å². The molecule has 0 amide bonds. The average Bonchev–Trinajstić information content (AvgIpc) is 1.91. The molecule has 0 spiro atoms. The largest absolute Gasteiger partial charge is 0.230 e. The molecule has 1 aromatic carbocycles. The van der Waals surface area contributed by atoms with Crippen molar-refractivity contribution in [3.05, 3.63) is 30.3 Å². The second kappa shape index (κ2) is 3.31. The normalized spacial score (nSPS) is 10.3. The molecule has 0 heterocycles. The lowest BCUT2D eigenvalue weighted by molar-refractivity contribution is 0.928. The van der Waals surface area contributed by atoms with Gasteiger partial charge in [0.1, 0.15) is 0 Å². The molecule has 0 aromatic heterocycles. The van der Waals surface area contributed by atoms with Gasteiger partial charge in [-0.3, -0.25) is 0 Å². The van der Waals surface area contributed by atoms with E-state index in [4.69, 9.17) is 0 Å². The predicted octanol–water partition coefficient (Wildman–Crippen LogP) is 3.33. The van der Waals surface area contributed by atoms with Crippen molar-refractivity contribution in [3.63, 3.8) is 0 Å². The fraction of sp³-hybridized carbons (Fsp3) is 0. The molecule has 0 atom stereocenters. The standard InChI is InChI=1S/C6H5FNP/c7-9-8-6-4-2-1-3-5-6/h1-5H. The Balaban J connectivity index is 2.85. The van der Waals surface area contributed by atoms with Gasteiger partial charge in [-0.15, -0.1) is 0 Å². The second-order valence-corrected chi connectivity index (χ2v) is 1.86. The summed E-state index contributed by atoms with van der Waals surface area (Å²) in [6.45, 7) is 0. The minimum absolute atomic E-state index is 0.430. The van der Waals surface area contributed by atoms with E-state index in [1.54, 1.807) is 12.1 Å². The zero-order valence-corrected chi connectivity index (χ0v) is 5.55. The highest BCUT2D eigenvalue weighted by molar-refractivity contribution is 7.20. The van der Waals surface area contributed by atoms with E-state index in [2.05, 4.69) is 4.74 Å². The molecule has 0 fully saturated rings. The number of nitrogens with zero attached hydrogens (tertiary/aromatic N) is 1. The van der Waals surface area contributed by atoms with Gasteiger partial charge in [0.05, 0.1) is 5.69 Å². The van der Waals surface area contributed by atoms with Crippen LogP contribution in [0.5, 0.6) is 0 Å². The van der Waals surface area contributed by atoms with E-state index >= 15 is 0 Å². The molecule has 0 saturated heterocycles. The lowest BCUT2D eigenvalue weighted by atomic mass is 10.3. The van der Waals surface area contributed by atoms with Crippen LogP contribution >= 0.6 is 8.68 Å². The Kier molecular flexibility index (Phi) is 2.34. The molecule has 1 rings (SSSR count). The Morgan fingerprint density at radius 1 is 1.22 bits per heavy atom. The molecule has 3 heteroatoms. The van der Waals surface area contributed by atoms with E-state index in [-0.39, 0.29) is 0 Å². The van der Waals surface area contributed by atoms with Crippen LogP contribution in [0.2, 0.25) is 0 Å². The molecule has 46 valence electrons. The predicted molar refractivity (Wildman–Crippen MR) is 36.6 cm³/mol. The molecule has 0 unspecified atom stereocenters. The van der Waals surface area contributed by atoms with Gasteiger partial charge in [0, 0.05) is 0 Å². The summed E-state index contributed by atoms with van der Waals surface area (Å²) >= 11 is 0. The number of hydrogen-bond donors (Lipinski definition) is 0. The Morgan fingerprint density at radius 3 is 2.44 bits per heavy atom. The molecule has 0 saturated carbocycles. The first-order valence-corrected chi connectivity index (χ1v) is 3.24. The SMILES string of the molecule is FP=Nc1ccccc1. The van der Waals surface area contributed by atoms with Crippen LogP contribution in [-0.2, 0) is 0 Å². The Labute approximate surface area is 54.5 Å². The monoisotopic (exact) mass is 141 g/mol. The molecule has 0 bridgehead atoms. The quantitative estimate of drug-likeness (QED) is 0.532. The molecule has 0 radical (unpaired) electrons. The van der Waals surface area contributed by atoms with Crippen molar-refractivity contribution < 1.29 is 4.20 Å². The van der Waals surface area contributed by atoms with Crippen LogP contribution in [-0.4, -0.2) is 0 Å². The Morgan fingerprint density at radius 2 is 1.89 bits per heavy atom. The summed E-state index contributed by atoms with van der Waals surface area (Å²) in [6, 6.07) is 9.03. The first-order valence-electron chi connectivity index (χ1n) is 2.50. The summed E-state index contributed by atoms with van der Waals surface area (Å²) in [4.78, 5) is 0. The number of benzene rings is 1. The van der Waals surface area contributed by atoms with Crippen molar-refractivity contribution in [2.75, 3.05) is 0 Å². The first-order chi connectivity index (χ1) is 4.43. The van der Waals surface area contributed by atoms with E-state index < -0.39 is 8.68 Å². The van der Waals surface area contributed by atoms with Gasteiger partial charge in [-0.1, -0.05) is 18.2 Å². The Bertz CT molecular complexity index is 197. The van der Waals surface area contributed by atoms with Crippen LogP contribution in [0.25, 0.3) is 0 Å². The third kappa shape index (κ3) is 1.90. The third-order valence-corrected chi connectivity index (χ3v) is 1.22.